The minimum Gasteiger partial charge on any atom is -0.506 e. The molecule has 3 aromatic rings. The summed E-state index contributed by atoms with van der Waals surface area (Å²) in [7, 11) is 1.81. The van der Waals surface area contributed by atoms with E-state index in [9.17, 15) is 15.2 Å². The third-order valence-corrected chi connectivity index (χ3v) is 6.31. The Morgan fingerprint density at radius 1 is 1.24 bits per heavy atom. The Morgan fingerprint density at radius 2 is 1.94 bits per heavy atom. The predicted octanol–water partition coefficient (Wildman–Crippen LogP) is 4.43. The molecule has 3 aromatic heterocycles. The molecule has 9 heteroatoms. The molecule has 0 aromatic carbocycles. The van der Waals surface area contributed by atoms with E-state index in [0.717, 1.165) is 42.5 Å². The Bertz CT molecular complexity index is 1220. The van der Waals surface area contributed by atoms with Crippen LogP contribution in [0.5, 0.6) is 5.75 Å². The molecule has 0 bridgehead atoms. The van der Waals surface area contributed by atoms with Crippen LogP contribution in [0.2, 0.25) is 0 Å². The molecule has 174 valence electrons. The van der Waals surface area contributed by atoms with E-state index in [1.807, 2.05) is 51.7 Å². The van der Waals surface area contributed by atoms with Gasteiger partial charge in [0.25, 0.3) is 0 Å². The van der Waals surface area contributed by atoms with Crippen LogP contribution in [-0.4, -0.2) is 54.2 Å². The fourth-order valence-corrected chi connectivity index (χ4v) is 4.58. The van der Waals surface area contributed by atoms with Gasteiger partial charge in [0, 0.05) is 36.1 Å². The van der Waals surface area contributed by atoms with Gasteiger partial charge in [0.15, 0.2) is 0 Å². The lowest BCUT2D eigenvalue weighted by Crippen LogP contribution is -2.42. The Balaban J connectivity index is 1.49. The van der Waals surface area contributed by atoms with Crippen LogP contribution in [0.3, 0.4) is 0 Å². The lowest BCUT2D eigenvalue weighted by Gasteiger charge is -2.35. The van der Waals surface area contributed by atoms with E-state index in [1.54, 1.807) is 17.2 Å². The molecule has 0 aliphatic heterocycles. The van der Waals surface area contributed by atoms with Crippen molar-refractivity contribution in [3.8, 4) is 22.9 Å². The second-order valence-corrected chi connectivity index (χ2v) is 9.72. The van der Waals surface area contributed by atoms with Gasteiger partial charge in [0.05, 0.1) is 18.4 Å². The maximum Gasteiger partial charge on any atom is 0.410 e. The molecular weight excluding hydrogens is 420 g/mol. The first-order valence-electron chi connectivity index (χ1n) is 11.2. The number of carbonyl (C=O) groups excluding carboxylic acids is 1. The van der Waals surface area contributed by atoms with Crippen LogP contribution in [0, 0.1) is 18.3 Å². The van der Waals surface area contributed by atoms with Gasteiger partial charge in [0.2, 0.25) is 0 Å². The molecule has 0 saturated heterocycles. The summed E-state index contributed by atoms with van der Waals surface area (Å²) in [5.74, 6) is 0.0133. The number of rotatable bonds is 3. The monoisotopic (exact) mass is 450 g/mol. The molecule has 1 aliphatic carbocycles. The first-order valence-corrected chi connectivity index (χ1v) is 11.2. The SMILES string of the molecule is Cc1c(-c2cc(O)c3c(C#N)cnn3c2)cnn1C1CCC(N(C)C(=O)OC(C)(C)C)CC1. The number of hydrogen-bond acceptors (Lipinski definition) is 6. The van der Waals surface area contributed by atoms with Crippen LogP contribution >= 0.6 is 0 Å². The third kappa shape index (κ3) is 4.38. The van der Waals surface area contributed by atoms with Crippen LogP contribution in [0.1, 0.15) is 63.8 Å². The van der Waals surface area contributed by atoms with Crippen molar-refractivity contribution in [2.24, 2.45) is 0 Å². The van der Waals surface area contributed by atoms with E-state index in [2.05, 4.69) is 10.2 Å². The molecule has 0 radical (unpaired) electrons. The lowest BCUT2D eigenvalue weighted by atomic mass is 9.90. The zero-order valence-electron chi connectivity index (χ0n) is 19.7. The maximum absolute atomic E-state index is 12.4. The van der Waals surface area contributed by atoms with Gasteiger partial charge in [-0.05, 0) is 59.4 Å². The molecule has 1 amide bonds. The average Bonchev–Trinajstić information content (AvgIpc) is 3.35. The lowest BCUT2D eigenvalue weighted by molar-refractivity contribution is 0.0172. The maximum atomic E-state index is 12.4. The molecule has 3 heterocycles. The van der Waals surface area contributed by atoms with E-state index in [-0.39, 0.29) is 23.9 Å². The Hall–Kier alpha value is -3.54. The van der Waals surface area contributed by atoms with E-state index in [4.69, 9.17) is 4.74 Å². The highest BCUT2D eigenvalue weighted by Crippen LogP contribution is 2.35. The molecule has 1 N–H and O–H groups in total. The van der Waals surface area contributed by atoms with E-state index < -0.39 is 5.60 Å². The van der Waals surface area contributed by atoms with Crippen molar-refractivity contribution >= 4 is 11.6 Å². The minimum absolute atomic E-state index is 0.0133. The molecule has 1 saturated carbocycles. The largest absolute Gasteiger partial charge is 0.506 e. The van der Waals surface area contributed by atoms with Crippen molar-refractivity contribution in [3.63, 3.8) is 0 Å². The second kappa shape index (κ2) is 8.43. The zero-order chi connectivity index (χ0) is 23.9. The quantitative estimate of drug-likeness (QED) is 0.632. The van der Waals surface area contributed by atoms with Crippen LogP contribution in [0.15, 0.2) is 24.7 Å². The van der Waals surface area contributed by atoms with Gasteiger partial charge in [-0.2, -0.15) is 15.5 Å². The highest BCUT2D eigenvalue weighted by Gasteiger charge is 2.31. The van der Waals surface area contributed by atoms with Crippen LogP contribution in [0.25, 0.3) is 16.6 Å². The summed E-state index contributed by atoms with van der Waals surface area (Å²) in [5.41, 5.74) is 2.93. The average molecular weight is 451 g/mol. The number of ether oxygens (including phenoxy) is 1. The fraction of sp³-hybridized carbons (Fsp3) is 0.500. The Kier molecular flexibility index (Phi) is 5.78. The fourth-order valence-electron chi connectivity index (χ4n) is 4.58. The smallest absolute Gasteiger partial charge is 0.410 e. The number of aromatic nitrogens is 4. The van der Waals surface area contributed by atoms with Crippen molar-refractivity contribution in [1.82, 2.24) is 24.3 Å². The Labute approximate surface area is 193 Å². The normalized spacial score (nSPS) is 18.8. The Morgan fingerprint density at radius 3 is 2.58 bits per heavy atom. The summed E-state index contributed by atoms with van der Waals surface area (Å²) in [6, 6.07) is 4.09. The summed E-state index contributed by atoms with van der Waals surface area (Å²) in [6.07, 6.45) is 8.36. The van der Waals surface area contributed by atoms with Gasteiger partial charge < -0.3 is 14.7 Å². The third-order valence-electron chi connectivity index (χ3n) is 6.31. The van der Waals surface area contributed by atoms with Gasteiger partial charge in [-0.3, -0.25) is 4.68 Å². The summed E-state index contributed by atoms with van der Waals surface area (Å²) in [4.78, 5) is 14.1. The zero-order valence-corrected chi connectivity index (χ0v) is 19.7. The molecule has 0 unspecified atom stereocenters. The van der Waals surface area contributed by atoms with E-state index >= 15 is 0 Å². The molecule has 4 rings (SSSR count). The van der Waals surface area contributed by atoms with Crippen LogP contribution in [-0.2, 0) is 4.74 Å². The first-order chi connectivity index (χ1) is 15.6. The summed E-state index contributed by atoms with van der Waals surface area (Å²) >= 11 is 0. The van der Waals surface area contributed by atoms with E-state index in [1.165, 1.54) is 10.7 Å². The summed E-state index contributed by atoms with van der Waals surface area (Å²) in [6.45, 7) is 7.65. The highest BCUT2D eigenvalue weighted by molar-refractivity contribution is 5.75. The van der Waals surface area contributed by atoms with Gasteiger partial charge in [0.1, 0.15) is 28.5 Å². The number of aromatic hydroxyl groups is 1. The van der Waals surface area contributed by atoms with Gasteiger partial charge in [-0.1, -0.05) is 0 Å². The topological polar surface area (TPSA) is 109 Å². The van der Waals surface area contributed by atoms with Crippen molar-refractivity contribution in [3.05, 3.63) is 35.9 Å². The van der Waals surface area contributed by atoms with Gasteiger partial charge in [-0.25, -0.2) is 9.31 Å². The van der Waals surface area contributed by atoms with Crippen LogP contribution in [0.4, 0.5) is 4.79 Å². The summed E-state index contributed by atoms with van der Waals surface area (Å²) < 4.78 is 9.08. The number of fused-ring (bicyclic) bond motifs is 1. The second-order valence-electron chi connectivity index (χ2n) is 9.72. The standard InChI is InChI=1S/C24H30N6O3/c1-15-20(16-10-21(31)22-17(11-25)12-26-29(22)14-16)13-27-30(15)19-8-6-18(7-9-19)28(5)23(32)33-24(2,3)4/h10,12-14,18-19,31H,6-9H2,1-5H3. The van der Waals surface area contributed by atoms with Crippen molar-refractivity contribution in [2.45, 2.75) is 71.1 Å². The predicted molar refractivity (Wildman–Crippen MR) is 123 cm³/mol. The number of pyridine rings is 1. The summed E-state index contributed by atoms with van der Waals surface area (Å²) in [5, 5.41) is 28.5. The molecule has 0 spiro atoms. The van der Waals surface area contributed by atoms with Crippen molar-refractivity contribution in [2.75, 3.05) is 7.05 Å². The minimum atomic E-state index is -0.505. The number of amides is 1. The number of nitriles is 1. The van der Waals surface area contributed by atoms with Crippen LogP contribution < -0.4 is 0 Å². The first kappa shape index (κ1) is 22.6. The highest BCUT2D eigenvalue weighted by atomic mass is 16.6. The molecule has 33 heavy (non-hydrogen) atoms. The number of carbonyl (C=O) groups is 1. The molecular formula is C24H30N6O3. The number of hydrogen-bond donors (Lipinski definition) is 1. The molecule has 1 fully saturated rings. The molecule has 1 aliphatic rings. The van der Waals surface area contributed by atoms with Crippen molar-refractivity contribution in [1.29, 1.82) is 5.26 Å². The van der Waals surface area contributed by atoms with Gasteiger partial charge >= 0.3 is 6.09 Å². The van der Waals surface area contributed by atoms with Crippen molar-refractivity contribution < 1.29 is 14.6 Å². The van der Waals surface area contributed by atoms with E-state index in [0.29, 0.717) is 11.1 Å². The molecule has 9 nitrogen and oxygen atoms in total. The number of nitrogens with zero attached hydrogens (tertiary/aromatic N) is 6. The van der Waals surface area contributed by atoms with Gasteiger partial charge in [-0.15, -0.1) is 0 Å². The molecule has 0 atom stereocenters.